The normalized spacial score (nSPS) is 12.9. The summed E-state index contributed by atoms with van der Waals surface area (Å²) >= 11 is 0. The number of hydrogen-bond donors (Lipinski definition) is 2. The topological polar surface area (TPSA) is 63.3 Å². The third-order valence-corrected chi connectivity index (χ3v) is 2.21. The van der Waals surface area contributed by atoms with E-state index in [-0.39, 0.29) is 12.2 Å². The first kappa shape index (κ1) is 15.9. The van der Waals surface area contributed by atoms with Crippen LogP contribution in [0.2, 0.25) is 0 Å². The number of halogens is 6. The molecule has 3 nitrogen and oxygen atoms in total. The minimum absolute atomic E-state index is 0.190. The molecule has 9 heteroatoms. The lowest BCUT2D eigenvalue weighted by Crippen LogP contribution is -2.15. The van der Waals surface area contributed by atoms with E-state index in [9.17, 15) is 31.1 Å². The fourth-order valence-corrected chi connectivity index (χ4v) is 1.48. The molecule has 0 fully saturated rings. The molecule has 0 spiro atoms. The predicted molar refractivity (Wildman–Crippen MR) is 57.5 cm³/mol. The minimum Gasteiger partial charge on any atom is -0.478 e. The van der Waals surface area contributed by atoms with Gasteiger partial charge in [-0.1, -0.05) is 0 Å². The molecule has 0 aliphatic carbocycles. The van der Waals surface area contributed by atoms with Gasteiger partial charge in [-0.25, -0.2) is 4.79 Å². The standard InChI is InChI=1S/C11H7F6NO2/c12-10(13,14)7-3-5(18)4-8(11(15,16)17)6(7)1-2-9(19)20/h1-4H,18H2,(H,19,20)/b2-1+. The fraction of sp³-hybridized carbons (Fsp3) is 0.182. The molecule has 0 aliphatic rings. The zero-order chi connectivity index (χ0) is 15.7. The highest BCUT2D eigenvalue weighted by Crippen LogP contribution is 2.41. The average molecular weight is 299 g/mol. The van der Waals surface area contributed by atoms with Crippen molar-refractivity contribution < 1.29 is 36.2 Å². The quantitative estimate of drug-likeness (QED) is 0.500. The Balaban J connectivity index is 3.67. The molecule has 20 heavy (non-hydrogen) atoms. The summed E-state index contributed by atoms with van der Waals surface area (Å²) in [6.45, 7) is 0. The van der Waals surface area contributed by atoms with Crippen molar-refractivity contribution in [3.8, 4) is 0 Å². The highest BCUT2D eigenvalue weighted by atomic mass is 19.4. The molecular formula is C11H7F6NO2. The molecule has 0 radical (unpaired) electrons. The second-order valence-electron chi connectivity index (χ2n) is 3.70. The zero-order valence-electron chi connectivity index (χ0n) is 9.51. The van der Waals surface area contributed by atoms with E-state index >= 15 is 0 Å². The lowest BCUT2D eigenvalue weighted by atomic mass is 9.98. The molecule has 0 unspecified atom stereocenters. The first-order chi connectivity index (χ1) is 8.93. The Morgan fingerprint density at radius 1 is 1.05 bits per heavy atom. The van der Waals surface area contributed by atoms with Gasteiger partial charge < -0.3 is 10.8 Å². The molecule has 0 aromatic heterocycles. The zero-order valence-corrected chi connectivity index (χ0v) is 9.51. The number of carboxylic acid groups (broad SMARTS) is 1. The second-order valence-corrected chi connectivity index (χ2v) is 3.70. The third kappa shape index (κ3) is 3.65. The lowest BCUT2D eigenvalue weighted by Gasteiger charge is -2.17. The maximum absolute atomic E-state index is 12.7. The summed E-state index contributed by atoms with van der Waals surface area (Å²) in [6.07, 6.45) is -9.77. The minimum atomic E-state index is -5.10. The summed E-state index contributed by atoms with van der Waals surface area (Å²) in [7, 11) is 0. The van der Waals surface area contributed by atoms with E-state index in [1.807, 2.05) is 0 Å². The molecule has 0 aliphatic heterocycles. The van der Waals surface area contributed by atoms with Crippen molar-refractivity contribution in [2.45, 2.75) is 12.4 Å². The summed E-state index contributed by atoms with van der Waals surface area (Å²) in [6, 6.07) is 0.632. The molecule has 0 saturated carbocycles. The van der Waals surface area contributed by atoms with E-state index in [4.69, 9.17) is 10.8 Å². The van der Waals surface area contributed by atoms with Crippen molar-refractivity contribution in [3.05, 3.63) is 34.9 Å². The van der Waals surface area contributed by atoms with E-state index in [2.05, 4.69) is 0 Å². The van der Waals surface area contributed by atoms with Gasteiger partial charge >= 0.3 is 18.3 Å². The van der Waals surface area contributed by atoms with Crippen LogP contribution in [0.1, 0.15) is 16.7 Å². The van der Waals surface area contributed by atoms with Crippen molar-refractivity contribution in [1.29, 1.82) is 0 Å². The van der Waals surface area contributed by atoms with Crippen LogP contribution in [0.4, 0.5) is 32.0 Å². The number of nitrogens with two attached hydrogens (primary N) is 1. The molecule has 0 saturated heterocycles. The average Bonchev–Trinajstić information content (AvgIpc) is 2.23. The summed E-state index contributed by atoms with van der Waals surface area (Å²) < 4.78 is 76.3. The number of carbonyl (C=O) groups is 1. The molecule has 3 N–H and O–H groups in total. The Labute approximate surface area is 108 Å². The summed E-state index contributed by atoms with van der Waals surface area (Å²) in [5.74, 6) is -1.68. The van der Waals surface area contributed by atoms with Crippen molar-refractivity contribution in [3.63, 3.8) is 0 Å². The number of carboxylic acids is 1. The largest absolute Gasteiger partial charge is 0.478 e. The molecular weight excluding hydrogens is 292 g/mol. The molecule has 0 amide bonds. The third-order valence-electron chi connectivity index (χ3n) is 2.21. The summed E-state index contributed by atoms with van der Waals surface area (Å²) in [4.78, 5) is 10.3. The first-order valence-corrected chi connectivity index (χ1v) is 4.92. The SMILES string of the molecule is Nc1cc(C(F)(F)F)c(/C=C/C(=O)O)c(C(F)(F)F)c1. The first-order valence-electron chi connectivity index (χ1n) is 4.92. The Bertz CT molecular complexity index is 524. The van der Waals surface area contributed by atoms with E-state index in [0.717, 1.165) is 0 Å². The van der Waals surface area contributed by atoms with Crippen LogP contribution in [-0.2, 0) is 17.1 Å². The number of anilines is 1. The van der Waals surface area contributed by atoms with Gasteiger partial charge in [0.05, 0.1) is 11.1 Å². The second kappa shape index (κ2) is 5.06. The number of alkyl halides is 6. The molecule has 0 bridgehead atoms. The van der Waals surface area contributed by atoms with Crippen LogP contribution in [0.5, 0.6) is 0 Å². The maximum atomic E-state index is 12.7. The maximum Gasteiger partial charge on any atom is 0.417 e. The van der Waals surface area contributed by atoms with Crippen LogP contribution in [0.15, 0.2) is 18.2 Å². The van der Waals surface area contributed by atoms with Gasteiger partial charge in [0.25, 0.3) is 0 Å². The van der Waals surface area contributed by atoms with Crippen LogP contribution in [0.3, 0.4) is 0 Å². The van der Waals surface area contributed by atoms with Gasteiger partial charge in [-0.2, -0.15) is 26.3 Å². The van der Waals surface area contributed by atoms with Gasteiger partial charge in [0, 0.05) is 11.8 Å². The van der Waals surface area contributed by atoms with Crippen LogP contribution >= 0.6 is 0 Å². The van der Waals surface area contributed by atoms with E-state index < -0.39 is 40.7 Å². The summed E-state index contributed by atoms with van der Waals surface area (Å²) in [5, 5.41) is 8.34. The Hall–Kier alpha value is -2.19. The van der Waals surface area contributed by atoms with Crippen molar-refractivity contribution in [2.75, 3.05) is 5.73 Å². The van der Waals surface area contributed by atoms with Crippen LogP contribution < -0.4 is 5.73 Å². The van der Waals surface area contributed by atoms with Gasteiger partial charge in [0.2, 0.25) is 0 Å². The molecule has 0 atom stereocenters. The Morgan fingerprint density at radius 2 is 1.45 bits per heavy atom. The van der Waals surface area contributed by atoms with Gasteiger partial charge in [0.1, 0.15) is 0 Å². The lowest BCUT2D eigenvalue weighted by molar-refractivity contribution is -0.143. The van der Waals surface area contributed by atoms with Crippen molar-refractivity contribution in [2.24, 2.45) is 0 Å². The van der Waals surface area contributed by atoms with Crippen molar-refractivity contribution in [1.82, 2.24) is 0 Å². The number of rotatable bonds is 2. The molecule has 1 rings (SSSR count). The molecule has 1 aromatic carbocycles. The van der Waals surface area contributed by atoms with Gasteiger partial charge in [-0.15, -0.1) is 0 Å². The van der Waals surface area contributed by atoms with E-state index in [1.165, 1.54) is 0 Å². The number of benzene rings is 1. The Kier molecular flexibility index (Phi) is 4.02. The highest BCUT2D eigenvalue weighted by molar-refractivity contribution is 5.86. The van der Waals surface area contributed by atoms with Crippen molar-refractivity contribution >= 4 is 17.7 Å². The van der Waals surface area contributed by atoms with Crippen LogP contribution in [-0.4, -0.2) is 11.1 Å². The monoisotopic (exact) mass is 299 g/mol. The highest BCUT2D eigenvalue weighted by Gasteiger charge is 2.40. The number of nitrogen functional groups attached to an aromatic ring is 1. The van der Waals surface area contributed by atoms with Crippen LogP contribution in [0.25, 0.3) is 6.08 Å². The number of aliphatic carboxylic acids is 1. The van der Waals surface area contributed by atoms with Gasteiger partial charge in [-0.05, 0) is 23.8 Å². The molecule has 0 heterocycles. The van der Waals surface area contributed by atoms with E-state index in [0.29, 0.717) is 12.1 Å². The summed E-state index contributed by atoms with van der Waals surface area (Å²) in [5.41, 5.74) is -0.279. The van der Waals surface area contributed by atoms with Gasteiger partial charge in [0.15, 0.2) is 0 Å². The Morgan fingerprint density at radius 3 is 1.75 bits per heavy atom. The molecule has 110 valence electrons. The van der Waals surface area contributed by atoms with Gasteiger partial charge in [-0.3, -0.25) is 0 Å². The molecule has 1 aromatic rings. The van der Waals surface area contributed by atoms with E-state index in [1.54, 1.807) is 0 Å². The van der Waals surface area contributed by atoms with Crippen LogP contribution in [0, 0.1) is 0 Å². The smallest absolute Gasteiger partial charge is 0.417 e. The predicted octanol–water partition coefficient (Wildman–Crippen LogP) is 3.40. The fourth-order valence-electron chi connectivity index (χ4n) is 1.48. The number of hydrogen-bond acceptors (Lipinski definition) is 2.